The second-order valence-corrected chi connectivity index (χ2v) is 7.46. The number of fused-ring (bicyclic) bond motifs is 1. The lowest BCUT2D eigenvalue weighted by Gasteiger charge is -2.28. The molecule has 0 amide bonds. The summed E-state index contributed by atoms with van der Waals surface area (Å²) in [5.74, 6) is 0. The van der Waals surface area contributed by atoms with Crippen LogP contribution in [-0.2, 0) is 21.2 Å². The largest absolute Gasteiger partial charge is 0.384 e. The minimum atomic E-state index is -3.53. The molecule has 1 saturated heterocycles. The second kappa shape index (κ2) is 4.72. The fourth-order valence-electron chi connectivity index (χ4n) is 2.77. The maximum atomic E-state index is 12.5. The maximum absolute atomic E-state index is 12.5. The molecule has 2 atom stereocenters. The van der Waals surface area contributed by atoms with E-state index in [0.717, 1.165) is 18.7 Å². The molecule has 0 spiro atoms. The maximum Gasteiger partial charge on any atom is 0.241 e. The summed E-state index contributed by atoms with van der Waals surface area (Å²) in [6, 6.07) is 5.29. The topological polar surface area (TPSA) is 67.4 Å². The number of nitrogens with one attached hydrogen (secondary N) is 2. The molecular weight excluding hydrogens is 276 g/mol. The minimum Gasteiger partial charge on any atom is -0.384 e. The van der Waals surface area contributed by atoms with Crippen molar-refractivity contribution in [2.75, 3.05) is 18.5 Å². The lowest BCUT2D eigenvalue weighted by molar-refractivity contribution is 0.0957. The molecule has 0 radical (unpaired) electrons. The van der Waals surface area contributed by atoms with E-state index in [1.165, 1.54) is 5.56 Å². The van der Waals surface area contributed by atoms with Crippen LogP contribution >= 0.6 is 0 Å². The van der Waals surface area contributed by atoms with Crippen molar-refractivity contribution < 1.29 is 13.2 Å². The van der Waals surface area contributed by atoms with E-state index < -0.39 is 15.6 Å². The number of benzene rings is 1. The van der Waals surface area contributed by atoms with E-state index in [2.05, 4.69) is 10.0 Å². The summed E-state index contributed by atoms with van der Waals surface area (Å²) in [6.07, 6.45) is 1.52. The highest BCUT2D eigenvalue weighted by atomic mass is 32.2. The van der Waals surface area contributed by atoms with E-state index in [1.807, 2.05) is 19.9 Å². The number of rotatable bonds is 3. The van der Waals surface area contributed by atoms with Gasteiger partial charge < -0.3 is 10.1 Å². The molecule has 0 aliphatic carbocycles. The van der Waals surface area contributed by atoms with Crippen LogP contribution in [0.15, 0.2) is 23.1 Å². The van der Waals surface area contributed by atoms with Crippen LogP contribution in [0.4, 0.5) is 5.69 Å². The summed E-state index contributed by atoms with van der Waals surface area (Å²) >= 11 is 0. The van der Waals surface area contributed by atoms with Crippen LogP contribution < -0.4 is 10.0 Å². The number of hydrogen-bond donors (Lipinski definition) is 2. The van der Waals surface area contributed by atoms with E-state index in [9.17, 15) is 8.42 Å². The van der Waals surface area contributed by atoms with Gasteiger partial charge in [0.15, 0.2) is 0 Å². The molecule has 5 nitrogen and oxygen atoms in total. The zero-order chi connectivity index (χ0) is 14.4. The standard InChI is InChI=1S/C14H20N2O3S/c1-10-14(2,6-8-19-10)16-20(17,18)12-4-3-11-5-7-15-13(11)9-12/h3-4,9-10,15-16H,5-8H2,1-2H3. The van der Waals surface area contributed by atoms with Gasteiger partial charge in [-0.25, -0.2) is 13.1 Å². The van der Waals surface area contributed by atoms with Crippen molar-refractivity contribution in [2.24, 2.45) is 0 Å². The lowest BCUT2D eigenvalue weighted by atomic mass is 9.97. The molecule has 2 unspecified atom stereocenters. The quantitative estimate of drug-likeness (QED) is 0.887. The van der Waals surface area contributed by atoms with Crippen LogP contribution in [0.25, 0.3) is 0 Å². The average Bonchev–Trinajstić information content (AvgIpc) is 2.96. The van der Waals surface area contributed by atoms with Gasteiger partial charge in [-0.1, -0.05) is 6.07 Å². The first-order valence-corrected chi connectivity index (χ1v) is 8.41. The number of sulfonamides is 1. The molecule has 3 rings (SSSR count). The first kappa shape index (κ1) is 13.9. The van der Waals surface area contributed by atoms with Crippen LogP contribution in [0.5, 0.6) is 0 Å². The second-order valence-electron chi connectivity index (χ2n) is 5.78. The zero-order valence-electron chi connectivity index (χ0n) is 11.8. The van der Waals surface area contributed by atoms with Gasteiger partial charge >= 0.3 is 0 Å². The van der Waals surface area contributed by atoms with E-state index >= 15 is 0 Å². The summed E-state index contributed by atoms with van der Waals surface area (Å²) in [7, 11) is -3.53. The van der Waals surface area contributed by atoms with E-state index in [0.29, 0.717) is 17.9 Å². The smallest absolute Gasteiger partial charge is 0.241 e. The van der Waals surface area contributed by atoms with Crippen LogP contribution in [-0.4, -0.2) is 33.2 Å². The Morgan fingerprint density at radius 1 is 1.45 bits per heavy atom. The molecule has 1 fully saturated rings. The van der Waals surface area contributed by atoms with E-state index in [1.54, 1.807) is 12.1 Å². The van der Waals surface area contributed by atoms with Gasteiger partial charge in [0.05, 0.1) is 16.5 Å². The third-order valence-corrected chi connectivity index (χ3v) is 5.97. The van der Waals surface area contributed by atoms with Gasteiger partial charge in [-0.05, 0) is 44.4 Å². The third kappa shape index (κ3) is 2.32. The highest BCUT2D eigenvalue weighted by molar-refractivity contribution is 7.89. The molecule has 2 heterocycles. The molecular formula is C14H20N2O3S. The SMILES string of the molecule is CC1OCCC1(C)NS(=O)(=O)c1ccc2c(c1)NCC2. The molecule has 6 heteroatoms. The Kier molecular flexibility index (Phi) is 3.27. The lowest BCUT2D eigenvalue weighted by Crippen LogP contribution is -2.50. The molecule has 20 heavy (non-hydrogen) atoms. The fourth-order valence-corrected chi connectivity index (χ4v) is 4.29. The van der Waals surface area contributed by atoms with Crippen LogP contribution in [0.3, 0.4) is 0 Å². The summed E-state index contributed by atoms with van der Waals surface area (Å²) in [5.41, 5.74) is 1.56. The predicted molar refractivity (Wildman–Crippen MR) is 77.4 cm³/mol. The van der Waals surface area contributed by atoms with Gasteiger partial charge in [0.2, 0.25) is 10.0 Å². The van der Waals surface area contributed by atoms with Crippen molar-refractivity contribution in [1.82, 2.24) is 4.72 Å². The molecule has 1 aromatic carbocycles. The zero-order valence-corrected chi connectivity index (χ0v) is 12.6. The highest BCUT2D eigenvalue weighted by Gasteiger charge is 2.40. The fraction of sp³-hybridized carbons (Fsp3) is 0.571. The van der Waals surface area contributed by atoms with Gasteiger partial charge in [-0.2, -0.15) is 0 Å². The molecule has 1 aromatic rings. The average molecular weight is 296 g/mol. The Labute approximate surface area is 119 Å². The first-order valence-electron chi connectivity index (χ1n) is 6.93. The van der Waals surface area contributed by atoms with Gasteiger partial charge in [0.1, 0.15) is 0 Å². The normalized spacial score (nSPS) is 29.2. The summed E-state index contributed by atoms with van der Waals surface area (Å²) in [4.78, 5) is 0.311. The molecule has 0 saturated carbocycles. The first-order chi connectivity index (χ1) is 9.41. The number of ether oxygens (including phenoxy) is 1. The van der Waals surface area contributed by atoms with Crippen molar-refractivity contribution in [2.45, 2.75) is 43.2 Å². The van der Waals surface area contributed by atoms with Gasteiger partial charge in [-0.15, -0.1) is 0 Å². The van der Waals surface area contributed by atoms with E-state index in [-0.39, 0.29) is 6.10 Å². The molecule has 110 valence electrons. The third-order valence-electron chi connectivity index (χ3n) is 4.36. The van der Waals surface area contributed by atoms with Gasteiger partial charge in [0, 0.05) is 18.8 Å². The van der Waals surface area contributed by atoms with Crippen molar-refractivity contribution >= 4 is 15.7 Å². The van der Waals surface area contributed by atoms with Crippen molar-refractivity contribution in [3.8, 4) is 0 Å². The van der Waals surface area contributed by atoms with Crippen LogP contribution in [0, 0.1) is 0 Å². The van der Waals surface area contributed by atoms with Crippen molar-refractivity contribution in [1.29, 1.82) is 0 Å². The Balaban J connectivity index is 1.89. The van der Waals surface area contributed by atoms with Crippen molar-refractivity contribution in [3.63, 3.8) is 0 Å². The Hall–Kier alpha value is -1.11. The number of hydrogen-bond acceptors (Lipinski definition) is 4. The van der Waals surface area contributed by atoms with E-state index in [4.69, 9.17) is 4.74 Å². The Morgan fingerprint density at radius 3 is 2.95 bits per heavy atom. The Bertz CT molecular complexity index is 629. The molecule has 2 aliphatic heterocycles. The van der Waals surface area contributed by atoms with Gasteiger partial charge in [-0.3, -0.25) is 0 Å². The number of anilines is 1. The summed E-state index contributed by atoms with van der Waals surface area (Å²) in [5, 5.41) is 3.21. The Morgan fingerprint density at radius 2 is 2.25 bits per heavy atom. The van der Waals surface area contributed by atoms with Gasteiger partial charge in [0.25, 0.3) is 0 Å². The summed E-state index contributed by atoms with van der Waals surface area (Å²) < 4.78 is 33.4. The predicted octanol–water partition coefficient (Wildman–Crippen LogP) is 1.50. The highest BCUT2D eigenvalue weighted by Crippen LogP contribution is 2.29. The minimum absolute atomic E-state index is 0.121. The van der Waals surface area contributed by atoms with Crippen molar-refractivity contribution in [3.05, 3.63) is 23.8 Å². The molecule has 2 N–H and O–H groups in total. The monoisotopic (exact) mass is 296 g/mol. The van der Waals surface area contributed by atoms with Crippen LogP contribution in [0.2, 0.25) is 0 Å². The molecule has 2 aliphatic rings. The summed E-state index contributed by atoms with van der Waals surface area (Å²) in [6.45, 7) is 5.26. The molecule has 0 bridgehead atoms. The van der Waals surface area contributed by atoms with Crippen LogP contribution in [0.1, 0.15) is 25.8 Å². The molecule has 0 aromatic heterocycles.